The van der Waals surface area contributed by atoms with E-state index in [1.165, 1.54) is 11.0 Å². The summed E-state index contributed by atoms with van der Waals surface area (Å²) in [6, 6.07) is 3.30. The lowest BCUT2D eigenvalue weighted by molar-refractivity contribution is -0.116. The van der Waals surface area contributed by atoms with E-state index in [0.29, 0.717) is 12.2 Å². The van der Waals surface area contributed by atoms with Gasteiger partial charge in [0.1, 0.15) is 5.88 Å². The van der Waals surface area contributed by atoms with Crippen LogP contribution in [-0.2, 0) is 4.79 Å². The number of benzene rings is 1. The second-order valence-corrected chi connectivity index (χ2v) is 3.14. The predicted molar refractivity (Wildman–Crippen MR) is 55.1 cm³/mol. The molecule has 0 unspecified atom stereocenters. The molecule has 1 aromatic carbocycles. The third-order valence-electron chi connectivity index (χ3n) is 1.95. The van der Waals surface area contributed by atoms with Crippen molar-refractivity contribution >= 4 is 23.2 Å². The lowest BCUT2D eigenvalue weighted by atomic mass is 10.2. The van der Waals surface area contributed by atoms with Gasteiger partial charge in [-0.3, -0.25) is 4.79 Å². The number of amides is 1. The van der Waals surface area contributed by atoms with Crippen LogP contribution in [-0.4, -0.2) is 18.3 Å². The molecule has 0 saturated heterocycles. The third-order valence-corrected chi connectivity index (χ3v) is 2.18. The lowest BCUT2D eigenvalue weighted by Crippen LogP contribution is -2.31. The average molecular weight is 234 g/mol. The average Bonchev–Trinajstić information content (AvgIpc) is 2.24. The molecule has 0 heterocycles. The number of anilines is 1. The van der Waals surface area contributed by atoms with E-state index < -0.39 is 11.6 Å². The molecule has 5 heteroatoms. The smallest absolute Gasteiger partial charge is 0.241 e. The highest BCUT2D eigenvalue weighted by molar-refractivity contribution is 6.29. The Bertz CT molecular complexity index is 370. The van der Waals surface area contributed by atoms with Gasteiger partial charge in [-0.05, 0) is 19.1 Å². The van der Waals surface area contributed by atoms with Gasteiger partial charge < -0.3 is 4.90 Å². The van der Waals surface area contributed by atoms with Crippen LogP contribution in [0.15, 0.2) is 18.2 Å². The van der Waals surface area contributed by atoms with E-state index >= 15 is 0 Å². The standard InChI is InChI=1S/C10H10ClF2NO/c1-2-14(10(15)6-11)7-3-4-8(12)9(13)5-7/h3-5H,2,6H2,1H3. The summed E-state index contributed by atoms with van der Waals surface area (Å²) in [7, 11) is 0. The summed E-state index contributed by atoms with van der Waals surface area (Å²) in [5.41, 5.74) is 0.307. The van der Waals surface area contributed by atoms with Crippen molar-refractivity contribution < 1.29 is 13.6 Å². The summed E-state index contributed by atoms with van der Waals surface area (Å²) in [5.74, 6) is -2.45. The number of halogens is 3. The van der Waals surface area contributed by atoms with Crippen molar-refractivity contribution in [3.05, 3.63) is 29.8 Å². The van der Waals surface area contributed by atoms with Crippen molar-refractivity contribution in [1.29, 1.82) is 0 Å². The number of carbonyl (C=O) groups excluding carboxylic acids is 1. The Morgan fingerprint density at radius 3 is 2.53 bits per heavy atom. The maximum Gasteiger partial charge on any atom is 0.241 e. The number of carbonyl (C=O) groups is 1. The van der Waals surface area contributed by atoms with Crippen LogP contribution in [0.4, 0.5) is 14.5 Å². The largest absolute Gasteiger partial charge is 0.312 e. The molecule has 82 valence electrons. The van der Waals surface area contributed by atoms with E-state index in [4.69, 9.17) is 11.6 Å². The summed E-state index contributed by atoms with van der Waals surface area (Å²) in [6.07, 6.45) is 0. The number of hydrogen-bond donors (Lipinski definition) is 0. The van der Waals surface area contributed by atoms with Crippen LogP contribution in [0.2, 0.25) is 0 Å². The van der Waals surface area contributed by atoms with Gasteiger partial charge in [0.2, 0.25) is 5.91 Å². The van der Waals surface area contributed by atoms with Crippen molar-refractivity contribution in [3.8, 4) is 0 Å². The van der Waals surface area contributed by atoms with Crippen LogP contribution < -0.4 is 4.90 Å². The van der Waals surface area contributed by atoms with Gasteiger partial charge in [-0.25, -0.2) is 8.78 Å². The summed E-state index contributed by atoms with van der Waals surface area (Å²) in [6.45, 7) is 2.09. The first kappa shape index (κ1) is 11.9. The molecule has 0 bridgehead atoms. The summed E-state index contributed by atoms with van der Waals surface area (Å²) in [5, 5.41) is 0. The van der Waals surface area contributed by atoms with Crippen LogP contribution >= 0.6 is 11.6 Å². The molecule has 0 aromatic heterocycles. The second-order valence-electron chi connectivity index (χ2n) is 2.87. The van der Waals surface area contributed by atoms with E-state index in [-0.39, 0.29) is 11.8 Å². The highest BCUT2D eigenvalue weighted by atomic mass is 35.5. The third kappa shape index (κ3) is 2.65. The molecule has 2 nitrogen and oxygen atoms in total. The zero-order chi connectivity index (χ0) is 11.4. The molecule has 0 aliphatic rings. The fraction of sp³-hybridized carbons (Fsp3) is 0.300. The van der Waals surface area contributed by atoms with Gasteiger partial charge in [-0.1, -0.05) is 0 Å². The Balaban J connectivity index is 3.02. The van der Waals surface area contributed by atoms with Gasteiger partial charge in [-0.2, -0.15) is 0 Å². The number of alkyl halides is 1. The molecule has 0 spiro atoms. The van der Waals surface area contributed by atoms with Crippen LogP contribution in [0.1, 0.15) is 6.92 Å². The first-order valence-electron chi connectivity index (χ1n) is 4.41. The van der Waals surface area contributed by atoms with Crippen LogP contribution in [0.3, 0.4) is 0 Å². The molecule has 0 fully saturated rings. The van der Waals surface area contributed by atoms with E-state index in [2.05, 4.69) is 0 Å². The minimum absolute atomic E-state index is 0.188. The quantitative estimate of drug-likeness (QED) is 0.735. The van der Waals surface area contributed by atoms with Gasteiger partial charge in [0.05, 0.1) is 0 Å². The minimum atomic E-state index is -0.978. The fourth-order valence-corrected chi connectivity index (χ4v) is 1.37. The predicted octanol–water partition coefficient (Wildman–Crippen LogP) is 2.56. The minimum Gasteiger partial charge on any atom is -0.312 e. The van der Waals surface area contributed by atoms with Crippen LogP contribution in [0.5, 0.6) is 0 Å². The molecular formula is C10H10ClF2NO. The fourth-order valence-electron chi connectivity index (χ4n) is 1.23. The normalized spacial score (nSPS) is 10.1. The molecule has 15 heavy (non-hydrogen) atoms. The van der Waals surface area contributed by atoms with Crippen molar-refractivity contribution in [2.24, 2.45) is 0 Å². The Morgan fingerprint density at radius 2 is 2.07 bits per heavy atom. The zero-order valence-electron chi connectivity index (χ0n) is 8.14. The van der Waals surface area contributed by atoms with Crippen LogP contribution in [0, 0.1) is 11.6 Å². The Morgan fingerprint density at radius 1 is 1.40 bits per heavy atom. The molecule has 0 saturated carbocycles. The molecule has 0 aliphatic heterocycles. The molecule has 1 amide bonds. The van der Waals surface area contributed by atoms with E-state index in [1.807, 2.05) is 0 Å². The molecule has 0 atom stereocenters. The molecular weight excluding hydrogens is 224 g/mol. The zero-order valence-corrected chi connectivity index (χ0v) is 8.89. The van der Waals surface area contributed by atoms with Crippen molar-refractivity contribution in [2.75, 3.05) is 17.3 Å². The van der Waals surface area contributed by atoms with Crippen LogP contribution in [0.25, 0.3) is 0 Å². The maximum absolute atomic E-state index is 12.9. The van der Waals surface area contributed by atoms with E-state index in [9.17, 15) is 13.6 Å². The van der Waals surface area contributed by atoms with Gasteiger partial charge in [0, 0.05) is 18.3 Å². The lowest BCUT2D eigenvalue weighted by Gasteiger charge is -2.19. The summed E-state index contributed by atoms with van der Waals surface area (Å²) in [4.78, 5) is 12.6. The molecule has 0 radical (unpaired) electrons. The van der Waals surface area contributed by atoms with Crippen molar-refractivity contribution in [1.82, 2.24) is 0 Å². The number of hydrogen-bond acceptors (Lipinski definition) is 1. The van der Waals surface area contributed by atoms with E-state index in [0.717, 1.165) is 12.1 Å². The summed E-state index contributed by atoms with van der Waals surface area (Å²) < 4.78 is 25.5. The highest BCUT2D eigenvalue weighted by Gasteiger charge is 2.14. The molecule has 1 aromatic rings. The van der Waals surface area contributed by atoms with Gasteiger partial charge in [0.25, 0.3) is 0 Å². The van der Waals surface area contributed by atoms with Gasteiger partial charge in [-0.15, -0.1) is 11.6 Å². The van der Waals surface area contributed by atoms with Gasteiger partial charge in [0.15, 0.2) is 11.6 Å². The number of rotatable bonds is 3. The first-order valence-corrected chi connectivity index (χ1v) is 4.95. The maximum atomic E-state index is 12.9. The highest BCUT2D eigenvalue weighted by Crippen LogP contribution is 2.18. The SMILES string of the molecule is CCN(C(=O)CCl)c1ccc(F)c(F)c1. The van der Waals surface area contributed by atoms with Crippen molar-refractivity contribution in [3.63, 3.8) is 0 Å². The Labute approximate surface area is 91.4 Å². The second kappa shape index (κ2) is 5.07. The first-order chi connectivity index (χ1) is 7.10. The monoisotopic (exact) mass is 233 g/mol. The van der Waals surface area contributed by atoms with Gasteiger partial charge >= 0.3 is 0 Å². The Kier molecular flexibility index (Phi) is 4.03. The molecule has 1 rings (SSSR count). The topological polar surface area (TPSA) is 20.3 Å². The van der Waals surface area contributed by atoms with Crippen molar-refractivity contribution in [2.45, 2.75) is 6.92 Å². The molecule has 0 aliphatic carbocycles. The summed E-state index contributed by atoms with van der Waals surface area (Å²) >= 11 is 5.39. The molecule has 0 N–H and O–H groups in total. The number of nitrogens with zero attached hydrogens (tertiary/aromatic N) is 1. The Hall–Kier alpha value is -1.16. The van der Waals surface area contributed by atoms with E-state index in [1.54, 1.807) is 6.92 Å².